The fourth-order valence-electron chi connectivity index (χ4n) is 2.21. The summed E-state index contributed by atoms with van der Waals surface area (Å²) in [6.45, 7) is 11.3. The molecule has 0 atom stereocenters. The summed E-state index contributed by atoms with van der Waals surface area (Å²) in [5.41, 5.74) is 3.09. The van der Waals surface area contributed by atoms with Gasteiger partial charge in [0.25, 0.3) is 5.91 Å². The number of rotatable bonds is 5. The fraction of sp³-hybridized carbons (Fsp3) is 0.529. The second-order valence-electron chi connectivity index (χ2n) is 6.14. The third-order valence-corrected chi connectivity index (χ3v) is 3.58. The number of carbonyl (C=O) groups is 2. The minimum Gasteiger partial charge on any atom is -0.452 e. The predicted molar refractivity (Wildman–Crippen MR) is 83.4 cm³/mol. The molecule has 1 aromatic rings. The lowest BCUT2D eigenvalue weighted by Gasteiger charge is -2.24. The Kier molecular flexibility index (Phi) is 5.53. The maximum absolute atomic E-state index is 12.1. The lowest BCUT2D eigenvalue weighted by Crippen LogP contribution is -2.44. The second kappa shape index (κ2) is 6.74. The first kappa shape index (κ1) is 17.2. The molecule has 1 rings (SSSR count). The highest BCUT2D eigenvalue weighted by molar-refractivity contribution is 5.94. The van der Waals surface area contributed by atoms with Crippen LogP contribution in [-0.4, -0.2) is 24.0 Å². The topological polar surface area (TPSA) is 55.4 Å². The van der Waals surface area contributed by atoms with Gasteiger partial charge in [-0.15, -0.1) is 0 Å². The van der Waals surface area contributed by atoms with E-state index in [4.69, 9.17) is 4.74 Å². The molecule has 21 heavy (non-hydrogen) atoms. The number of benzene rings is 1. The van der Waals surface area contributed by atoms with Crippen LogP contribution in [0.2, 0.25) is 0 Å². The first-order chi connectivity index (χ1) is 9.66. The van der Waals surface area contributed by atoms with Gasteiger partial charge < -0.3 is 10.1 Å². The van der Waals surface area contributed by atoms with Gasteiger partial charge in [0, 0.05) is 5.54 Å². The highest BCUT2D eigenvalue weighted by Crippen LogP contribution is 2.17. The van der Waals surface area contributed by atoms with Gasteiger partial charge in [-0.1, -0.05) is 24.6 Å². The lowest BCUT2D eigenvalue weighted by atomic mass is 10.00. The van der Waals surface area contributed by atoms with E-state index in [2.05, 4.69) is 5.32 Å². The predicted octanol–water partition coefficient (Wildman–Crippen LogP) is 3.07. The molecule has 0 aromatic heterocycles. The van der Waals surface area contributed by atoms with Crippen molar-refractivity contribution in [3.63, 3.8) is 0 Å². The Morgan fingerprint density at radius 1 is 1.14 bits per heavy atom. The van der Waals surface area contributed by atoms with Crippen molar-refractivity contribution in [1.82, 2.24) is 5.32 Å². The third kappa shape index (κ3) is 4.88. The van der Waals surface area contributed by atoms with E-state index in [0.717, 1.165) is 23.1 Å². The molecule has 0 saturated carbocycles. The number of nitrogens with one attached hydrogen (secondary N) is 1. The Morgan fingerprint density at radius 3 is 2.14 bits per heavy atom. The molecule has 0 radical (unpaired) electrons. The molecule has 1 amide bonds. The number of esters is 1. The number of ether oxygens (including phenoxy) is 1. The molecule has 1 aromatic carbocycles. The van der Waals surface area contributed by atoms with Gasteiger partial charge in [-0.2, -0.15) is 0 Å². The van der Waals surface area contributed by atoms with Crippen molar-refractivity contribution in [3.8, 4) is 0 Å². The summed E-state index contributed by atoms with van der Waals surface area (Å²) in [5.74, 6) is -0.730. The molecule has 0 saturated heterocycles. The van der Waals surface area contributed by atoms with Crippen LogP contribution in [0, 0.1) is 20.8 Å². The molecule has 4 nitrogen and oxygen atoms in total. The molecule has 0 fully saturated rings. The minimum atomic E-state index is -0.450. The number of aryl methyl sites for hydroxylation is 3. The molecule has 0 aliphatic heterocycles. The van der Waals surface area contributed by atoms with Crippen molar-refractivity contribution < 1.29 is 14.3 Å². The first-order valence-electron chi connectivity index (χ1n) is 7.22. The van der Waals surface area contributed by atoms with Gasteiger partial charge in [0.05, 0.1) is 5.56 Å². The average molecular weight is 291 g/mol. The molecular formula is C17H25NO3. The Bertz CT molecular complexity index is 524. The number of hydrogen-bond acceptors (Lipinski definition) is 3. The van der Waals surface area contributed by atoms with Crippen LogP contribution < -0.4 is 5.32 Å². The zero-order chi connectivity index (χ0) is 16.2. The smallest absolute Gasteiger partial charge is 0.339 e. The Hall–Kier alpha value is -1.84. The number of amides is 1. The van der Waals surface area contributed by atoms with E-state index in [1.165, 1.54) is 0 Å². The monoisotopic (exact) mass is 291 g/mol. The van der Waals surface area contributed by atoms with Gasteiger partial charge in [0.1, 0.15) is 0 Å². The van der Waals surface area contributed by atoms with Crippen molar-refractivity contribution >= 4 is 11.9 Å². The van der Waals surface area contributed by atoms with E-state index in [0.29, 0.717) is 5.56 Å². The van der Waals surface area contributed by atoms with Crippen LogP contribution in [0.15, 0.2) is 12.1 Å². The molecular weight excluding hydrogens is 266 g/mol. The van der Waals surface area contributed by atoms with Crippen LogP contribution in [0.25, 0.3) is 0 Å². The molecule has 0 bridgehead atoms. The SMILES string of the molecule is CCC(C)(C)NC(=O)COC(=O)c1c(C)cc(C)cc1C. The Labute approximate surface area is 126 Å². The van der Waals surface area contributed by atoms with Crippen molar-refractivity contribution in [3.05, 3.63) is 34.4 Å². The van der Waals surface area contributed by atoms with Crippen LogP contribution in [0.1, 0.15) is 54.2 Å². The van der Waals surface area contributed by atoms with Crippen LogP contribution in [0.4, 0.5) is 0 Å². The molecule has 0 aliphatic rings. The van der Waals surface area contributed by atoms with Gasteiger partial charge in [-0.05, 0) is 52.2 Å². The molecule has 116 valence electrons. The maximum Gasteiger partial charge on any atom is 0.339 e. The average Bonchev–Trinajstić information content (AvgIpc) is 2.34. The van der Waals surface area contributed by atoms with E-state index in [-0.39, 0.29) is 18.1 Å². The van der Waals surface area contributed by atoms with Gasteiger partial charge in [-0.3, -0.25) is 4.79 Å². The van der Waals surface area contributed by atoms with E-state index in [1.807, 2.05) is 53.7 Å². The fourth-order valence-corrected chi connectivity index (χ4v) is 2.21. The molecule has 4 heteroatoms. The lowest BCUT2D eigenvalue weighted by molar-refractivity contribution is -0.125. The second-order valence-corrected chi connectivity index (χ2v) is 6.14. The van der Waals surface area contributed by atoms with Crippen molar-refractivity contribution in [1.29, 1.82) is 0 Å². The van der Waals surface area contributed by atoms with E-state index in [1.54, 1.807) is 0 Å². The zero-order valence-corrected chi connectivity index (χ0v) is 13.8. The molecule has 0 unspecified atom stereocenters. The summed E-state index contributed by atoms with van der Waals surface area (Å²) in [7, 11) is 0. The quantitative estimate of drug-likeness (QED) is 0.848. The van der Waals surface area contributed by atoms with Crippen LogP contribution >= 0.6 is 0 Å². The summed E-state index contributed by atoms with van der Waals surface area (Å²) in [6.07, 6.45) is 0.808. The van der Waals surface area contributed by atoms with Crippen LogP contribution in [-0.2, 0) is 9.53 Å². The zero-order valence-electron chi connectivity index (χ0n) is 13.8. The van der Waals surface area contributed by atoms with E-state index >= 15 is 0 Å². The highest BCUT2D eigenvalue weighted by Gasteiger charge is 2.20. The number of carbonyl (C=O) groups excluding carboxylic acids is 2. The van der Waals surface area contributed by atoms with Crippen LogP contribution in [0.5, 0.6) is 0 Å². The number of hydrogen-bond donors (Lipinski definition) is 1. The summed E-state index contributed by atoms with van der Waals surface area (Å²) in [5, 5.41) is 2.83. The van der Waals surface area contributed by atoms with Crippen molar-refractivity contribution in [2.24, 2.45) is 0 Å². The highest BCUT2D eigenvalue weighted by atomic mass is 16.5. The van der Waals surface area contributed by atoms with Gasteiger partial charge in [-0.25, -0.2) is 4.79 Å². The Balaban J connectivity index is 2.69. The molecule has 0 aliphatic carbocycles. The standard InChI is InChI=1S/C17H25NO3/c1-7-17(5,6)18-14(19)10-21-16(20)15-12(3)8-11(2)9-13(15)4/h8-9H,7,10H2,1-6H3,(H,18,19). The normalized spacial score (nSPS) is 11.1. The Morgan fingerprint density at radius 2 is 1.67 bits per heavy atom. The first-order valence-corrected chi connectivity index (χ1v) is 7.22. The van der Waals surface area contributed by atoms with Crippen molar-refractivity contribution in [2.45, 2.75) is 53.5 Å². The summed E-state index contributed by atoms with van der Waals surface area (Å²) in [4.78, 5) is 23.9. The summed E-state index contributed by atoms with van der Waals surface area (Å²) >= 11 is 0. The minimum absolute atomic E-state index is 0.255. The molecule has 1 N–H and O–H groups in total. The van der Waals surface area contributed by atoms with Crippen LogP contribution in [0.3, 0.4) is 0 Å². The van der Waals surface area contributed by atoms with E-state index in [9.17, 15) is 9.59 Å². The molecule has 0 spiro atoms. The maximum atomic E-state index is 12.1. The third-order valence-electron chi connectivity index (χ3n) is 3.58. The van der Waals surface area contributed by atoms with E-state index < -0.39 is 5.97 Å². The summed E-state index contributed by atoms with van der Waals surface area (Å²) < 4.78 is 5.13. The molecule has 0 heterocycles. The van der Waals surface area contributed by atoms with Gasteiger partial charge >= 0.3 is 5.97 Å². The van der Waals surface area contributed by atoms with Crippen molar-refractivity contribution in [2.75, 3.05) is 6.61 Å². The van der Waals surface area contributed by atoms with Gasteiger partial charge in [0.2, 0.25) is 0 Å². The largest absolute Gasteiger partial charge is 0.452 e. The van der Waals surface area contributed by atoms with Gasteiger partial charge in [0.15, 0.2) is 6.61 Å². The summed E-state index contributed by atoms with van der Waals surface area (Å²) in [6, 6.07) is 3.87.